The molecule has 0 aliphatic heterocycles. The predicted molar refractivity (Wildman–Crippen MR) is 70.3 cm³/mol. The molecule has 1 aromatic heterocycles. The van der Waals surface area contributed by atoms with Gasteiger partial charge < -0.3 is 0 Å². The van der Waals surface area contributed by atoms with E-state index in [9.17, 15) is 8.42 Å². The number of benzene rings is 1. The number of rotatable bonds is 3. The lowest BCUT2D eigenvalue weighted by Gasteiger charge is -1.98. The summed E-state index contributed by atoms with van der Waals surface area (Å²) in [7, 11) is -3.58. The zero-order chi connectivity index (χ0) is 12.3. The number of hydrogen-bond donors (Lipinski definition) is 0. The lowest BCUT2D eigenvalue weighted by Crippen LogP contribution is -1.97. The van der Waals surface area contributed by atoms with Crippen LogP contribution in [0, 0.1) is 6.92 Å². The molecule has 1 aromatic carbocycles. The molecule has 0 bridgehead atoms. The van der Waals surface area contributed by atoms with E-state index in [4.69, 9.17) is 0 Å². The van der Waals surface area contributed by atoms with Crippen LogP contribution >= 0.6 is 11.3 Å². The number of nitrogens with zero attached hydrogens (tertiary/aromatic N) is 1. The van der Waals surface area contributed by atoms with Crippen molar-refractivity contribution >= 4 is 27.6 Å². The molecule has 0 aliphatic rings. The van der Waals surface area contributed by atoms with Crippen molar-refractivity contribution in [3.63, 3.8) is 0 Å². The van der Waals surface area contributed by atoms with E-state index in [1.54, 1.807) is 24.3 Å². The van der Waals surface area contributed by atoms with E-state index in [0.717, 1.165) is 10.4 Å². The molecule has 0 N–H and O–H groups in total. The van der Waals surface area contributed by atoms with E-state index in [1.807, 2.05) is 24.4 Å². The molecule has 0 spiro atoms. The Hall–Kier alpha value is -1.46. The van der Waals surface area contributed by atoms with Gasteiger partial charge in [-0.1, -0.05) is 23.8 Å². The highest BCUT2D eigenvalue weighted by Crippen LogP contribution is 2.14. The Labute approximate surface area is 105 Å². The standard InChI is InChI=1S/C12H11NO2S2/c1-10-4-6-12(7-5-10)17(14,15)13-9-11-3-2-8-16-11/h2-9H,1H3/b13-9-. The fraction of sp³-hybridized carbons (Fsp3) is 0.0833. The molecule has 0 saturated carbocycles. The lowest BCUT2D eigenvalue weighted by molar-refractivity contribution is 0.598. The van der Waals surface area contributed by atoms with Gasteiger partial charge in [-0.05, 0) is 30.5 Å². The van der Waals surface area contributed by atoms with Crippen molar-refractivity contribution in [3.8, 4) is 0 Å². The number of thiophene rings is 1. The van der Waals surface area contributed by atoms with Crippen molar-refractivity contribution in [2.75, 3.05) is 0 Å². The van der Waals surface area contributed by atoms with Crippen LogP contribution in [0.5, 0.6) is 0 Å². The molecule has 2 aromatic rings. The summed E-state index contributed by atoms with van der Waals surface area (Å²) in [5.74, 6) is 0. The molecule has 17 heavy (non-hydrogen) atoms. The molecule has 0 atom stereocenters. The Kier molecular flexibility index (Phi) is 3.40. The Morgan fingerprint density at radius 2 is 1.88 bits per heavy atom. The lowest BCUT2D eigenvalue weighted by atomic mass is 10.2. The molecule has 3 nitrogen and oxygen atoms in total. The molecule has 88 valence electrons. The largest absolute Gasteiger partial charge is 0.282 e. The normalized spacial score (nSPS) is 12.1. The van der Waals surface area contributed by atoms with E-state index >= 15 is 0 Å². The van der Waals surface area contributed by atoms with Crippen molar-refractivity contribution < 1.29 is 8.42 Å². The minimum Gasteiger partial charge on any atom is -0.199 e. The first kappa shape index (κ1) is 12.0. The molecule has 5 heteroatoms. The quantitative estimate of drug-likeness (QED) is 0.801. The second-order valence-corrected chi connectivity index (χ2v) is 6.15. The molecule has 0 fully saturated rings. The van der Waals surface area contributed by atoms with Crippen molar-refractivity contribution in [2.45, 2.75) is 11.8 Å². The van der Waals surface area contributed by atoms with E-state index in [1.165, 1.54) is 17.6 Å². The van der Waals surface area contributed by atoms with Crippen LogP contribution in [-0.2, 0) is 10.0 Å². The molecule has 0 radical (unpaired) electrons. The van der Waals surface area contributed by atoms with Crippen molar-refractivity contribution in [3.05, 3.63) is 52.2 Å². The van der Waals surface area contributed by atoms with Crippen LogP contribution in [-0.4, -0.2) is 14.6 Å². The zero-order valence-electron chi connectivity index (χ0n) is 9.20. The van der Waals surface area contributed by atoms with Crippen LogP contribution in [0.1, 0.15) is 10.4 Å². The minimum atomic E-state index is -3.58. The number of sulfonamides is 1. The number of hydrogen-bond acceptors (Lipinski definition) is 3. The Balaban J connectivity index is 2.28. The van der Waals surface area contributed by atoms with Crippen molar-refractivity contribution in [2.24, 2.45) is 4.40 Å². The summed E-state index contributed by atoms with van der Waals surface area (Å²) < 4.78 is 27.3. The molecular formula is C12H11NO2S2. The Morgan fingerprint density at radius 3 is 2.47 bits per heavy atom. The summed E-state index contributed by atoms with van der Waals surface area (Å²) in [5, 5.41) is 1.87. The monoisotopic (exact) mass is 265 g/mol. The van der Waals surface area contributed by atoms with Crippen LogP contribution in [0.4, 0.5) is 0 Å². The van der Waals surface area contributed by atoms with E-state index in [0.29, 0.717) is 0 Å². The molecule has 0 unspecified atom stereocenters. The third-order valence-corrected chi connectivity index (χ3v) is 4.24. The first-order valence-electron chi connectivity index (χ1n) is 4.98. The Bertz CT molecular complexity index is 611. The molecule has 2 rings (SSSR count). The topological polar surface area (TPSA) is 46.5 Å². The third kappa shape index (κ3) is 3.01. The maximum Gasteiger partial charge on any atom is 0.282 e. The second-order valence-electron chi connectivity index (χ2n) is 3.54. The average molecular weight is 265 g/mol. The van der Waals surface area contributed by atoms with Gasteiger partial charge in [-0.2, -0.15) is 12.8 Å². The van der Waals surface area contributed by atoms with Gasteiger partial charge in [0.2, 0.25) is 0 Å². The summed E-state index contributed by atoms with van der Waals surface area (Å²) in [6.45, 7) is 1.91. The summed E-state index contributed by atoms with van der Waals surface area (Å²) in [4.78, 5) is 1.04. The van der Waals surface area contributed by atoms with Crippen molar-refractivity contribution in [1.29, 1.82) is 0 Å². The summed E-state index contributed by atoms with van der Waals surface area (Å²) in [5.41, 5.74) is 1.02. The van der Waals surface area contributed by atoms with Gasteiger partial charge >= 0.3 is 0 Å². The predicted octanol–water partition coefficient (Wildman–Crippen LogP) is 2.86. The molecule has 1 heterocycles. The van der Waals surface area contributed by atoms with E-state index in [2.05, 4.69) is 4.40 Å². The zero-order valence-corrected chi connectivity index (χ0v) is 10.8. The highest BCUT2D eigenvalue weighted by atomic mass is 32.2. The van der Waals surface area contributed by atoms with Gasteiger partial charge in [-0.25, -0.2) is 0 Å². The summed E-state index contributed by atoms with van der Waals surface area (Å²) >= 11 is 1.45. The molecule has 0 aliphatic carbocycles. The Morgan fingerprint density at radius 1 is 1.18 bits per heavy atom. The fourth-order valence-corrected chi connectivity index (χ4v) is 2.76. The fourth-order valence-electron chi connectivity index (χ4n) is 1.26. The van der Waals surface area contributed by atoms with Crippen LogP contribution in [0.2, 0.25) is 0 Å². The van der Waals surface area contributed by atoms with Crippen LogP contribution in [0.15, 0.2) is 51.1 Å². The summed E-state index contributed by atoms with van der Waals surface area (Å²) in [6, 6.07) is 10.3. The van der Waals surface area contributed by atoms with Gasteiger partial charge in [0.25, 0.3) is 10.0 Å². The van der Waals surface area contributed by atoms with Gasteiger partial charge in [-0.15, -0.1) is 11.3 Å². The van der Waals surface area contributed by atoms with E-state index in [-0.39, 0.29) is 4.90 Å². The van der Waals surface area contributed by atoms with Crippen LogP contribution in [0.3, 0.4) is 0 Å². The van der Waals surface area contributed by atoms with Crippen LogP contribution in [0.25, 0.3) is 0 Å². The maximum absolute atomic E-state index is 11.8. The molecular weight excluding hydrogens is 254 g/mol. The van der Waals surface area contributed by atoms with Crippen LogP contribution < -0.4 is 0 Å². The molecule has 0 amide bonds. The van der Waals surface area contributed by atoms with E-state index < -0.39 is 10.0 Å². The number of aryl methyl sites for hydroxylation is 1. The van der Waals surface area contributed by atoms with Gasteiger partial charge in [0.15, 0.2) is 0 Å². The average Bonchev–Trinajstić information content (AvgIpc) is 2.80. The maximum atomic E-state index is 11.8. The van der Waals surface area contributed by atoms with Crippen molar-refractivity contribution in [1.82, 2.24) is 0 Å². The third-order valence-electron chi connectivity index (χ3n) is 2.18. The first-order valence-corrected chi connectivity index (χ1v) is 7.30. The SMILES string of the molecule is Cc1ccc(S(=O)(=O)/N=C\c2cccs2)cc1. The minimum absolute atomic E-state index is 0.218. The second kappa shape index (κ2) is 4.81. The van der Waals surface area contributed by atoms with Gasteiger partial charge in [-0.3, -0.25) is 0 Å². The highest BCUT2D eigenvalue weighted by Gasteiger charge is 2.10. The first-order chi connectivity index (χ1) is 8.08. The molecule has 0 saturated heterocycles. The van der Waals surface area contributed by atoms with Gasteiger partial charge in [0, 0.05) is 4.88 Å². The van der Waals surface area contributed by atoms with Gasteiger partial charge in [0.05, 0.1) is 11.1 Å². The smallest absolute Gasteiger partial charge is 0.199 e. The van der Waals surface area contributed by atoms with Gasteiger partial charge in [0.1, 0.15) is 0 Å². The summed E-state index contributed by atoms with van der Waals surface area (Å²) in [6.07, 6.45) is 1.37. The highest BCUT2D eigenvalue weighted by molar-refractivity contribution is 7.90.